The maximum Gasteiger partial charge on any atom is 0.355 e. The molecule has 0 atom stereocenters. The Morgan fingerprint density at radius 1 is 1.35 bits per heavy atom. The molecule has 2 aromatic rings. The lowest BCUT2D eigenvalue weighted by molar-refractivity contribution is 0.0691. The summed E-state index contributed by atoms with van der Waals surface area (Å²) in [6.45, 7) is 0. The highest BCUT2D eigenvalue weighted by Gasteiger charge is 2.14. The number of hydrogen-bond donors (Lipinski definition) is 2. The van der Waals surface area contributed by atoms with E-state index in [2.05, 4.69) is 10.3 Å². The van der Waals surface area contributed by atoms with Crippen molar-refractivity contribution in [1.82, 2.24) is 4.98 Å². The number of thiazole rings is 1. The number of hydrogen-bond acceptors (Lipinski definition) is 5. The van der Waals surface area contributed by atoms with E-state index in [1.165, 1.54) is 5.38 Å². The summed E-state index contributed by atoms with van der Waals surface area (Å²) in [6.07, 6.45) is 0. The van der Waals surface area contributed by atoms with Gasteiger partial charge in [-0.05, 0) is 18.2 Å². The Morgan fingerprint density at radius 3 is 2.70 bits per heavy atom. The first kappa shape index (κ1) is 14.0. The van der Waals surface area contributed by atoms with Crippen LogP contribution in [-0.2, 0) is 0 Å². The third-order valence-corrected chi connectivity index (χ3v) is 3.38. The first-order chi connectivity index (χ1) is 9.47. The SMILES string of the molecule is CN(C)c1cccc(NC(=O)c2nc(C(=O)O)cs2)c1. The fraction of sp³-hybridized carbons (Fsp3) is 0.154. The number of carboxylic acid groups (broad SMARTS) is 1. The minimum absolute atomic E-state index is 0.123. The summed E-state index contributed by atoms with van der Waals surface area (Å²) in [5, 5.41) is 12.9. The van der Waals surface area contributed by atoms with Gasteiger partial charge in [-0.2, -0.15) is 0 Å². The molecule has 0 unspecified atom stereocenters. The molecule has 0 aliphatic heterocycles. The van der Waals surface area contributed by atoms with E-state index in [1.54, 1.807) is 6.07 Å². The molecule has 0 bridgehead atoms. The van der Waals surface area contributed by atoms with E-state index < -0.39 is 11.9 Å². The van der Waals surface area contributed by atoms with Gasteiger partial charge in [0.2, 0.25) is 0 Å². The van der Waals surface area contributed by atoms with E-state index in [4.69, 9.17) is 5.11 Å². The summed E-state index contributed by atoms with van der Waals surface area (Å²) < 4.78 is 0. The number of carboxylic acids is 1. The van der Waals surface area contributed by atoms with E-state index in [-0.39, 0.29) is 10.7 Å². The number of benzene rings is 1. The van der Waals surface area contributed by atoms with Crippen LogP contribution in [0.1, 0.15) is 20.3 Å². The van der Waals surface area contributed by atoms with Crippen LogP contribution in [0.25, 0.3) is 0 Å². The van der Waals surface area contributed by atoms with Gasteiger partial charge in [-0.1, -0.05) is 6.07 Å². The molecule has 0 aliphatic rings. The van der Waals surface area contributed by atoms with Crippen LogP contribution in [0.15, 0.2) is 29.6 Å². The molecule has 7 heteroatoms. The normalized spacial score (nSPS) is 10.1. The zero-order valence-electron chi connectivity index (χ0n) is 11.0. The van der Waals surface area contributed by atoms with Gasteiger partial charge < -0.3 is 15.3 Å². The number of anilines is 2. The summed E-state index contributed by atoms with van der Waals surface area (Å²) in [5.74, 6) is -1.56. The number of carbonyl (C=O) groups excluding carboxylic acids is 1. The molecule has 0 saturated heterocycles. The second-order valence-electron chi connectivity index (χ2n) is 4.24. The van der Waals surface area contributed by atoms with Crippen LogP contribution in [0, 0.1) is 0 Å². The zero-order chi connectivity index (χ0) is 14.7. The van der Waals surface area contributed by atoms with Crippen molar-refractivity contribution >= 4 is 34.6 Å². The van der Waals surface area contributed by atoms with Crippen molar-refractivity contribution in [1.29, 1.82) is 0 Å². The van der Waals surface area contributed by atoms with Crippen LogP contribution in [-0.4, -0.2) is 36.1 Å². The Bertz CT molecular complexity index is 652. The van der Waals surface area contributed by atoms with Gasteiger partial charge in [-0.25, -0.2) is 9.78 Å². The highest BCUT2D eigenvalue weighted by molar-refractivity contribution is 7.12. The first-order valence-corrected chi connectivity index (χ1v) is 6.63. The number of nitrogens with zero attached hydrogens (tertiary/aromatic N) is 2. The highest BCUT2D eigenvalue weighted by Crippen LogP contribution is 2.19. The van der Waals surface area contributed by atoms with Crippen molar-refractivity contribution in [2.45, 2.75) is 0 Å². The average Bonchev–Trinajstić information content (AvgIpc) is 2.88. The van der Waals surface area contributed by atoms with Crippen LogP contribution < -0.4 is 10.2 Å². The highest BCUT2D eigenvalue weighted by atomic mass is 32.1. The van der Waals surface area contributed by atoms with Crippen LogP contribution in [0.4, 0.5) is 11.4 Å². The average molecular weight is 291 g/mol. The summed E-state index contributed by atoms with van der Waals surface area (Å²) in [6, 6.07) is 7.33. The van der Waals surface area contributed by atoms with Crippen molar-refractivity contribution < 1.29 is 14.7 Å². The van der Waals surface area contributed by atoms with Gasteiger partial charge in [0.25, 0.3) is 5.91 Å². The molecule has 6 nitrogen and oxygen atoms in total. The third-order valence-electron chi connectivity index (χ3n) is 2.54. The van der Waals surface area contributed by atoms with E-state index in [0.717, 1.165) is 17.0 Å². The van der Waals surface area contributed by atoms with Crippen LogP contribution in [0.5, 0.6) is 0 Å². The molecule has 0 radical (unpaired) electrons. The molecule has 2 rings (SSSR count). The Labute approximate surface area is 119 Å². The molecular weight excluding hydrogens is 278 g/mol. The number of aromatic carboxylic acids is 1. The predicted octanol–water partition coefficient (Wildman–Crippen LogP) is 2.16. The van der Waals surface area contributed by atoms with Gasteiger partial charge in [-0.15, -0.1) is 11.3 Å². The fourth-order valence-electron chi connectivity index (χ4n) is 1.52. The Kier molecular flexibility index (Phi) is 3.99. The molecule has 2 N–H and O–H groups in total. The molecular formula is C13H13N3O3S. The Morgan fingerprint density at radius 2 is 2.10 bits per heavy atom. The van der Waals surface area contributed by atoms with Gasteiger partial charge in [0.05, 0.1) is 0 Å². The van der Waals surface area contributed by atoms with Gasteiger partial charge >= 0.3 is 5.97 Å². The molecule has 20 heavy (non-hydrogen) atoms. The molecule has 1 heterocycles. The second-order valence-corrected chi connectivity index (χ2v) is 5.10. The van der Waals surface area contributed by atoms with Crippen LogP contribution >= 0.6 is 11.3 Å². The predicted molar refractivity (Wildman–Crippen MR) is 77.8 cm³/mol. The lowest BCUT2D eigenvalue weighted by Crippen LogP contribution is -2.13. The molecule has 1 aromatic heterocycles. The van der Waals surface area contributed by atoms with Gasteiger partial charge in [0.1, 0.15) is 0 Å². The number of aromatic nitrogens is 1. The molecule has 0 fully saturated rings. The van der Waals surface area contributed by atoms with Crippen molar-refractivity contribution in [2.24, 2.45) is 0 Å². The third kappa shape index (κ3) is 3.12. The molecule has 0 spiro atoms. The monoisotopic (exact) mass is 291 g/mol. The van der Waals surface area contributed by atoms with Crippen molar-refractivity contribution in [2.75, 3.05) is 24.3 Å². The van der Waals surface area contributed by atoms with Crippen molar-refractivity contribution in [3.8, 4) is 0 Å². The topological polar surface area (TPSA) is 82.5 Å². The molecule has 1 amide bonds. The summed E-state index contributed by atoms with van der Waals surface area (Å²) in [4.78, 5) is 28.4. The van der Waals surface area contributed by atoms with Crippen LogP contribution in [0.2, 0.25) is 0 Å². The lowest BCUT2D eigenvalue weighted by atomic mass is 10.2. The summed E-state index contributed by atoms with van der Waals surface area (Å²) >= 11 is 1.00. The van der Waals surface area contributed by atoms with Crippen molar-refractivity contribution in [3.63, 3.8) is 0 Å². The quantitative estimate of drug-likeness (QED) is 0.902. The smallest absolute Gasteiger partial charge is 0.355 e. The molecule has 0 aliphatic carbocycles. The standard InChI is InChI=1S/C13H13N3O3S/c1-16(2)9-5-3-4-8(6-9)14-11(17)12-15-10(7-20-12)13(18)19/h3-7H,1-2H3,(H,14,17)(H,18,19). The first-order valence-electron chi connectivity index (χ1n) is 5.75. The van der Waals surface area contributed by atoms with Gasteiger partial charge in [0.15, 0.2) is 10.7 Å². The fourth-order valence-corrected chi connectivity index (χ4v) is 2.21. The van der Waals surface area contributed by atoms with Crippen molar-refractivity contribution in [3.05, 3.63) is 40.3 Å². The lowest BCUT2D eigenvalue weighted by Gasteiger charge is -2.13. The van der Waals surface area contributed by atoms with E-state index in [9.17, 15) is 9.59 Å². The minimum atomic E-state index is -1.14. The number of amides is 1. The minimum Gasteiger partial charge on any atom is -0.476 e. The second kappa shape index (κ2) is 5.70. The van der Waals surface area contributed by atoms with Crippen LogP contribution in [0.3, 0.4) is 0 Å². The molecule has 0 saturated carbocycles. The maximum absolute atomic E-state index is 12.0. The summed E-state index contributed by atoms with van der Waals surface area (Å²) in [7, 11) is 3.81. The summed E-state index contributed by atoms with van der Waals surface area (Å²) in [5.41, 5.74) is 1.46. The Balaban J connectivity index is 2.14. The molecule has 1 aromatic carbocycles. The number of nitrogens with one attached hydrogen (secondary N) is 1. The van der Waals surface area contributed by atoms with Gasteiger partial charge in [-0.3, -0.25) is 4.79 Å². The number of carbonyl (C=O) groups is 2. The van der Waals surface area contributed by atoms with Gasteiger partial charge in [0, 0.05) is 30.9 Å². The number of rotatable bonds is 4. The van der Waals surface area contributed by atoms with E-state index in [0.29, 0.717) is 5.69 Å². The Hall–Kier alpha value is -2.41. The maximum atomic E-state index is 12.0. The largest absolute Gasteiger partial charge is 0.476 e. The zero-order valence-corrected chi connectivity index (χ0v) is 11.8. The molecule has 104 valence electrons. The van der Waals surface area contributed by atoms with E-state index >= 15 is 0 Å². The van der Waals surface area contributed by atoms with E-state index in [1.807, 2.05) is 37.2 Å².